The van der Waals surface area contributed by atoms with Gasteiger partial charge in [0.15, 0.2) is 12.1 Å². The van der Waals surface area contributed by atoms with Gasteiger partial charge in [-0.25, -0.2) is 9.59 Å². The molecular formula is C28H34N2O10. The average molecular weight is 559 g/mol. The lowest BCUT2D eigenvalue weighted by Gasteiger charge is -2.20. The molecule has 0 saturated carbocycles. The second kappa shape index (κ2) is 17.7. The van der Waals surface area contributed by atoms with Gasteiger partial charge in [-0.05, 0) is 11.1 Å². The monoisotopic (exact) mass is 558 g/mol. The molecule has 0 bridgehead atoms. The van der Waals surface area contributed by atoms with Crippen molar-refractivity contribution < 1.29 is 47.6 Å². The number of cyclic esters (lactones) is 2. The van der Waals surface area contributed by atoms with Crippen LogP contribution in [0.15, 0.2) is 60.7 Å². The van der Waals surface area contributed by atoms with Crippen LogP contribution in [0.25, 0.3) is 0 Å². The van der Waals surface area contributed by atoms with Crippen LogP contribution in [0.2, 0.25) is 0 Å². The SMILES string of the molecule is O=C1COCC(=O)N[C@@H](COCc2ccccc2)C(=O)OCCOCCOC(=O)[C@H](COCc2ccccc2)N1. The minimum absolute atomic E-state index is 0.0400. The Bertz CT molecular complexity index is 984. The Hall–Kier alpha value is -3.84. The van der Waals surface area contributed by atoms with Crippen molar-refractivity contribution in [3.63, 3.8) is 0 Å². The molecule has 1 saturated heterocycles. The summed E-state index contributed by atoms with van der Waals surface area (Å²) in [4.78, 5) is 49.9. The van der Waals surface area contributed by atoms with Gasteiger partial charge in [-0.1, -0.05) is 60.7 Å². The number of amides is 2. The number of ether oxygens (including phenoxy) is 6. The Morgan fingerprint density at radius 2 is 1.02 bits per heavy atom. The third-order valence-electron chi connectivity index (χ3n) is 5.44. The molecule has 0 aromatic heterocycles. The van der Waals surface area contributed by atoms with E-state index in [2.05, 4.69) is 10.6 Å². The summed E-state index contributed by atoms with van der Waals surface area (Å²) in [6, 6.07) is 16.5. The van der Waals surface area contributed by atoms with Gasteiger partial charge in [0.2, 0.25) is 11.8 Å². The van der Waals surface area contributed by atoms with Crippen molar-refractivity contribution in [2.75, 3.05) is 52.9 Å². The van der Waals surface area contributed by atoms with Gasteiger partial charge in [0, 0.05) is 0 Å². The molecule has 0 spiro atoms. The van der Waals surface area contributed by atoms with Crippen molar-refractivity contribution in [2.45, 2.75) is 25.3 Å². The van der Waals surface area contributed by atoms with E-state index >= 15 is 0 Å². The second-order valence-corrected chi connectivity index (χ2v) is 8.68. The smallest absolute Gasteiger partial charge is 0.331 e. The normalized spacial score (nSPS) is 20.3. The third kappa shape index (κ3) is 11.9. The Kier molecular flexibility index (Phi) is 13.6. The summed E-state index contributed by atoms with van der Waals surface area (Å²) in [5.41, 5.74) is 1.80. The zero-order valence-electron chi connectivity index (χ0n) is 22.1. The topological polar surface area (TPSA) is 148 Å². The molecule has 2 aromatic rings. The lowest BCUT2D eigenvalue weighted by Crippen LogP contribution is -2.48. The standard InChI is InChI=1S/C28H34N2O10/c31-25-19-38-20-26(32)30-24(18-37-16-22-9-5-2-6-10-22)28(34)40-14-12-35-11-13-39-27(33)23(29-25)17-36-15-21-7-3-1-4-8-21/h1-10,23-24H,11-20H2,(H,29,31)(H,30,32)/t23-,24-/m0/s1. The van der Waals surface area contributed by atoms with Crippen molar-refractivity contribution in [1.82, 2.24) is 10.6 Å². The number of hydrogen-bond acceptors (Lipinski definition) is 10. The maximum Gasteiger partial charge on any atom is 0.331 e. The van der Waals surface area contributed by atoms with Crippen LogP contribution in [0.4, 0.5) is 0 Å². The molecule has 2 N–H and O–H groups in total. The number of benzene rings is 2. The van der Waals surface area contributed by atoms with Gasteiger partial charge in [-0.3, -0.25) is 9.59 Å². The Labute approximate surface area is 232 Å². The molecule has 2 aromatic carbocycles. The van der Waals surface area contributed by atoms with Gasteiger partial charge in [0.05, 0.1) is 39.6 Å². The quantitative estimate of drug-likeness (QED) is 0.440. The molecule has 0 radical (unpaired) electrons. The molecule has 40 heavy (non-hydrogen) atoms. The average Bonchev–Trinajstić information content (AvgIpc) is 2.96. The first kappa shape index (κ1) is 30.7. The molecule has 1 heterocycles. The van der Waals surface area contributed by atoms with Crippen LogP contribution in [0.1, 0.15) is 11.1 Å². The van der Waals surface area contributed by atoms with Crippen LogP contribution in [0.5, 0.6) is 0 Å². The fraction of sp³-hybridized carbons (Fsp3) is 0.429. The van der Waals surface area contributed by atoms with E-state index in [-0.39, 0.29) is 52.9 Å². The van der Waals surface area contributed by atoms with Crippen LogP contribution in [0, 0.1) is 0 Å². The summed E-state index contributed by atoms with van der Waals surface area (Å²) >= 11 is 0. The fourth-order valence-corrected chi connectivity index (χ4v) is 3.49. The predicted octanol–water partition coefficient (Wildman–Crippen LogP) is 0.523. The minimum Gasteiger partial charge on any atom is -0.462 e. The van der Waals surface area contributed by atoms with Gasteiger partial charge in [0.25, 0.3) is 0 Å². The Balaban J connectivity index is 1.53. The number of nitrogens with one attached hydrogen (secondary N) is 2. The van der Waals surface area contributed by atoms with Crippen LogP contribution >= 0.6 is 0 Å². The highest BCUT2D eigenvalue weighted by molar-refractivity contribution is 5.86. The minimum atomic E-state index is -1.10. The zero-order valence-corrected chi connectivity index (χ0v) is 22.1. The number of rotatable bonds is 8. The number of esters is 2. The van der Waals surface area contributed by atoms with Crippen molar-refractivity contribution in [2.24, 2.45) is 0 Å². The van der Waals surface area contributed by atoms with E-state index in [9.17, 15) is 19.2 Å². The van der Waals surface area contributed by atoms with Crippen molar-refractivity contribution in [3.05, 3.63) is 71.8 Å². The Morgan fingerprint density at radius 3 is 1.45 bits per heavy atom. The van der Waals surface area contributed by atoms with Gasteiger partial charge >= 0.3 is 11.9 Å². The Morgan fingerprint density at radius 1 is 0.600 bits per heavy atom. The van der Waals surface area contributed by atoms with E-state index < -0.39 is 49.1 Å². The number of carbonyl (C=O) groups is 4. The molecule has 3 rings (SSSR count). The number of carbonyl (C=O) groups excluding carboxylic acids is 4. The van der Waals surface area contributed by atoms with Gasteiger partial charge < -0.3 is 39.1 Å². The fourth-order valence-electron chi connectivity index (χ4n) is 3.49. The first-order valence-electron chi connectivity index (χ1n) is 12.8. The van der Waals surface area contributed by atoms with Gasteiger partial charge in [-0.2, -0.15) is 0 Å². The highest BCUT2D eigenvalue weighted by Gasteiger charge is 2.25. The summed E-state index contributed by atoms with van der Waals surface area (Å²) in [5, 5.41) is 5.00. The van der Waals surface area contributed by atoms with Gasteiger partial charge in [-0.15, -0.1) is 0 Å². The van der Waals surface area contributed by atoms with E-state index in [1.54, 1.807) is 0 Å². The molecule has 2 atom stereocenters. The van der Waals surface area contributed by atoms with Crippen molar-refractivity contribution >= 4 is 23.8 Å². The molecule has 1 fully saturated rings. The largest absolute Gasteiger partial charge is 0.462 e. The summed E-state index contributed by atoms with van der Waals surface area (Å²) in [5.74, 6) is -2.74. The van der Waals surface area contributed by atoms with Crippen LogP contribution in [-0.4, -0.2) is 88.7 Å². The summed E-state index contributed by atoms with van der Waals surface area (Å²) < 4.78 is 32.1. The first-order valence-corrected chi connectivity index (χ1v) is 12.8. The summed E-state index contributed by atoms with van der Waals surface area (Å²) in [6.07, 6.45) is 0. The van der Waals surface area contributed by atoms with E-state index in [1.807, 2.05) is 60.7 Å². The molecule has 216 valence electrons. The van der Waals surface area contributed by atoms with Crippen molar-refractivity contribution in [1.29, 1.82) is 0 Å². The second-order valence-electron chi connectivity index (χ2n) is 8.68. The maximum absolute atomic E-state index is 12.5. The van der Waals surface area contributed by atoms with Crippen LogP contribution < -0.4 is 10.6 Å². The molecule has 1 aliphatic heterocycles. The molecule has 0 aliphatic carbocycles. The van der Waals surface area contributed by atoms with Gasteiger partial charge in [0.1, 0.15) is 26.4 Å². The third-order valence-corrected chi connectivity index (χ3v) is 5.44. The molecule has 2 amide bonds. The molecular weight excluding hydrogens is 524 g/mol. The highest BCUT2D eigenvalue weighted by Crippen LogP contribution is 2.04. The van der Waals surface area contributed by atoms with E-state index in [0.29, 0.717) is 0 Å². The lowest BCUT2D eigenvalue weighted by atomic mass is 10.2. The van der Waals surface area contributed by atoms with Crippen LogP contribution in [-0.2, 0) is 60.8 Å². The van der Waals surface area contributed by atoms with Crippen LogP contribution in [0.3, 0.4) is 0 Å². The predicted molar refractivity (Wildman–Crippen MR) is 140 cm³/mol. The molecule has 1 aliphatic rings. The van der Waals surface area contributed by atoms with E-state index in [4.69, 9.17) is 28.4 Å². The van der Waals surface area contributed by atoms with E-state index in [0.717, 1.165) is 11.1 Å². The lowest BCUT2D eigenvalue weighted by molar-refractivity contribution is -0.154. The molecule has 12 nitrogen and oxygen atoms in total. The summed E-state index contributed by atoms with van der Waals surface area (Å²) in [7, 11) is 0. The number of hydrogen-bond donors (Lipinski definition) is 2. The molecule has 0 unspecified atom stereocenters. The molecule has 12 heteroatoms. The summed E-state index contributed by atoms with van der Waals surface area (Å²) in [6.45, 7) is -0.929. The van der Waals surface area contributed by atoms with E-state index in [1.165, 1.54) is 0 Å². The maximum atomic E-state index is 12.5. The highest BCUT2D eigenvalue weighted by atomic mass is 16.6. The zero-order chi connectivity index (χ0) is 28.4. The van der Waals surface area contributed by atoms with Crippen molar-refractivity contribution in [3.8, 4) is 0 Å². The first-order chi connectivity index (χ1) is 19.5.